The van der Waals surface area contributed by atoms with Gasteiger partial charge in [-0.15, -0.1) is 0 Å². The van der Waals surface area contributed by atoms with Crippen molar-refractivity contribution >= 4 is 29.1 Å². The fourth-order valence-corrected chi connectivity index (χ4v) is 7.04. The van der Waals surface area contributed by atoms with Gasteiger partial charge in [-0.05, 0) is 62.1 Å². The van der Waals surface area contributed by atoms with E-state index in [0.29, 0.717) is 18.1 Å². The van der Waals surface area contributed by atoms with E-state index in [9.17, 15) is 9.18 Å². The summed E-state index contributed by atoms with van der Waals surface area (Å²) in [5, 5.41) is 1.03. The molecule has 1 saturated carbocycles. The molecule has 1 aliphatic carbocycles. The number of rotatable bonds is 7. The molecule has 200 valence electrons. The molecule has 0 N–H and O–H groups in total. The third kappa shape index (κ3) is 6.33. The van der Waals surface area contributed by atoms with E-state index in [-0.39, 0.29) is 23.3 Å². The van der Waals surface area contributed by atoms with Crippen LogP contribution in [0.15, 0.2) is 42.5 Å². The highest BCUT2D eigenvalue weighted by molar-refractivity contribution is 6.31. The van der Waals surface area contributed by atoms with Crippen LogP contribution in [0.3, 0.4) is 0 Å². The van der Waals surface area contributed by atoms with Crippen molar-refractivity contribution in [3.05, 3.63) is 69.5 Å². The lowest BCUT2D eigenvalue weighted by atomic mass is 9.76. The maximum absolute atomic E-state index is 14.4. The van der Waals surface area contributed by atoms with Gasteiger partial charge in [-0.1, -0.05) is 60.7 Å². The molecule has 1 atom stereocenters. The molecule has 37 heavy (non-hydrogen) atoms. The van der Waals surface area contributed by atoms with E-state index < -0.39 is 5.82 Å². The van der Waals surface area contributed by atoms with E-state index >= 15 is 0 Å². The van der Waals surface area contributed by atoms with E-state index in [2.05, 4.69) is 21.9 Å². The molecule has 2 aromatic carbocycles. The normalized spacial score (nSPS) is 24.0. The van der Waals surface area contributed by atoms with Gasteiger partial charge in [0.1, 0.15) is 5.82 Å². The van der Waals surface area contributed by atoms with Gasteiger partial charge in [0, 0.05) is 66.3 Å². The first-order chi connectivity index (χ1) is 17.9. The van der Waals surface area contributed by atoms with Crippen molar-refractivity contribution in [3.8, 4) is 0 Å². The molecular formula is C30H38Cl2FN3O. The standard InChI is InChI=1S/C30H38Cl2FN3O/c31-24-7-4-6-23(20-24)30(12-14-34-16-18-35(19-17-34)25-8-2-1-3-9-25)13-15-36(22-30)29(37)21-26-27(32)10-5-11-28(26)33/h4-7,10-11,20,25H,1-3,8-9,12-19,21-22H2. The molecular weight excluding hydrogens is 508 g/mol. The molecule has 0 spiro atoms. The smallest absolute Gasteiger partial charge is 0.227 e. The predicted octanol–water partition coefficient (Wildman–Crippen LogP) is 6.19. The van der Waals surface area contributed by atoms with Gasteiger partial charge < -0.3 is 9.80 Å². The zero-order valence-electron chi connectivity index (χ0n) is 21.6. The van der Waals surface area contributed by atoms with Crippen molar-refractivity contribution in [2.75, 3.05) is 45.8 Å². The number of carbonyl (C=O) groups is 1. The van der Waals surface area contributed by atoms with Crippen LogP contribution in [-0.2, 0) is 16.6 Å². The molecule has 3 fully saturated rings. The maximum atomic E-state index is 14.4. The summed E-state index contributed by atoms with van der Waals surface area (Å²) in [5.74, 6) is -0.495. The third-order valence-corrected chi connectivity index (χ3v) is 9.53. The molecule has 2 aromatic rings. The summed E-state index contributed by atoms with van der Waals surface area (Å²) in [6, 6.07) is 13.5. The van der Waals surface area contributed by atoms with Gasteiger partial charge in [-0.3, -0.25) is 9.69 Å². The number of hydrogen-bond donors (Lipinski definition) is 0. The molecule has 2 aliphatic heterocycles. The Balaban J connectivity index is 1.24. The fraction of sp³-hybridized carbons (Fsp3) is 0.567. The zero-order valence-corrected chi connectivity index (χ0v) is 23.1. The average molecular weight is 547 g/mol. The number of hydrogen-bond acceptors (Lipinski definition) is 3. The van der Waals surface area contributed by atoms with Crippen molar-refractivity contribution in [1.29, 1.82) is 0 Å². The first kappa shape index (κ1) is 26.9. The highest BCUT2D eigenvalue weighted by Crippen LogP contribution is 2.39. The quantitative estimate of drug-likeness (QED) is 0.415. The van der Waals surface area contributed by atoms with Crippen molar-refractivity contribution in [1.82, 2.24) is 14.7 Å². The molecule has 5 rings (SSSR count). The van der Waals surface area contributed by atoms with Gasteiger partial charge in [0.15, 0.2) is 0 Å². The lowest BCUT2D eigenvalue weighted by molar-refractivity contribution is -0.129. The Labute approximate surface area is 230 Å². The van der Waals surface area contributed by atoms with Crippen LogP contribution in [0.1, 0.15) is 56.1 Å². The maximum Gasteiger partial charge on any atom is 0.227 e. The Bertz CT molecular complexity index is 1060. The fourth-order valence-electron chi connectivity index (χ4n) is 6.62. The molecule has 0 radical (unpaired) electrons. The number of piperazine rings is 1. The summed E-state index contributed by atoms with van der Waals surface area (Å²) in [5.41, 5.74) is 1.32. The van der Waals surface area contributed by atoms with Gasteiger partial charge >= 0.3 is 0 Å². The molecule has 1 amide bonds. The molecule has 2 heterocycles. The van der Waals surface area contributed by atoms with Crippen LogP contribution in [0.2, 0.25) is 10.0 Å². The van der Waals surface area contributed by atoms with Gasteiger partial charge in [0.05, 0.1) is 6.42 Å². The van der Waals surface area contributed by atoms with E-state index in [1.807, 2.05) is 17.0 Å². The van der Waals surface area contributed by atoms with Gasteiger partial charge in [-0.2, -0.15) is 0 Å². The topological polar surface area (TPSA) is 26.8 Å². The van der Waals surface area contributed by atoms with E-state index in [4.69, 9.17) is 23.2 Å². The van der Waals surface area contributed by atoms with Gasteiger partial charge in [0.25, 0.3) is 0 Å². The number of likely N-dealkylation sites (tertiary alicyclic amines) is 1. The number of nitrogens with zero attached hydrogens (tertiary/aromatic N) is 3. The highest BCUT2D eigenvalue weighted by Gasteiger charge is 2.41. The van der Waals surface area contributed by atoms with Gasteiger partial charge in [0.2, 0.25) is 5.91 Å². The minimum Gasteiger partial charge on any atom is -0.341 e. The van der Waals surface area contributed by atoms with Crippen molar-refractivity contribution in [2.45, 2.75) is 62.8 Å². The second kappa shape index (κ2) is 12.0. The number of amides is 1. The molecule has 0 aromatic heterocycles. The van der Waals surface area contributed by atoms with Crippen LogP contribution in [0, 0.1) is 5.82 Å². The number of benzene rings is 2. The average Bonchev–Trinajstić information content (AvgIpc) is 3.36. The lowest BCUT2D eigenvalue weighted by Crippen LogP contribution is -2.51. The molecule has 2 saturated heterocycles. The van der Waals surface area contributed by atoms with Crippen LogP contribution in [0.4, 0.5) is 4.39 Å². The highest BCUT2D eigenvalue weighted by atomic mass is 35.5. The Morgan fingerprint density at radius 3 is 2.46 bits per heavy atom. The predicted molar refractivity (Wildman–Crippen MR) is 149 cm³/mol. The van der Waals surface area contributed by atoms with E-state index in [1.54, 1.807) is 12.1 Å². The van der Waals surface area contributed by atoms with Crippen LogP contribution in [0.25, 0.3) is 0 Å². The Hall–Kier alpha value is -1.66. The van der Waals surface area contributed by atoms with Crippen LogP contribution < -0.4 is 0 Å². The Morgan fingerprint density at radius 1 is 0.973 bits per heavy atom. The number of carbonyl (C=O) groups excluding carboxylic acids is 1. The summed E-state index contributed by atoms with van der Waals surface area (Å²) >= 11 is 12.6. The van der Waals surface area contributed by atoms with Crippen molar-refractivity contribution < 1.29 is 9.18 Å². The van der Waals surface area contributed by atoms with Crippen LogP contribution in [-0.4, -0.2) is 72.5 Å². The second-order valence-corrected chi connectivity index (χ2v) is 12.0. The summed E-state index contributed by atoms with van der Waals surface area (Å²) in [6.07, 6.45) is 8.72. The molecule has 4 nitrogen and oxygen atoms in total. The Morgan fingerprint density at radius 2 is 1.73 bits per heavy atom. The monoisotopic (exact) mass is 545 g/mol. The van der Waals surface area contributed by atoms with E-state index in [1.165, 1.54) is 43.7 Å². The second-order valence-electron chi connectivity index (χ2n) is 11.2. The van der Waals surface area contributed by atoms with Gasteiger partial charge in [-0.25, -0.2) is 4.39 Å². The minimum absolute atomic E-state index is 0.0136. The molecule has 0 bridgehead atoms. The summed E-state index contributed by atoms with van der Waals surface area (Å²) < 4.78 is 14.4. The third-order valence-electron chi connectivity index (χ3n) is 8.94. The summed E-state index contributed by atoms with van der Waals surface area (Å²) in [7, 11) is 0. The van der Waals surface area contributed by atoms with Crippen LogP contribution in [0.5, 0.6) is 0 Å². The first-order valence-electron chi connectivity index (χ1n) is 13.9. The largest absolute Gasteiger partial charge is 0.341 e. The Kier molecular flexibility index (Phi) is 8.75. The number of halogens is 3. The summed E-state index contributed by atoms with van der Waals surface area (Å²) in [6.45, 7) is 6.82. The lowest BCUT2D eigenvalue weighted by Gasteiger charge is -2.41. The molecule has 1 unspecified atom stereocenters. The van der Waals surface area contributed by atoms with E-state index in [0.717, 1.165) is 56.6 Å². The summed E-state index contributed by atoms with van der Waals surface area (Å²) in [4.78, 5) is 20.5. The molecule has 3 aliphatic rings. The van der Waals surface area contributed by atoms with Crippen molar-refractivity contribution in [3.63, 3.8) is 0 Å². The van der Waals surface area contributed by atoms with Crippen LogP contribution >= 0.6 is 23.2 Å². The zero-order chi connectivity index (χ0) is 25.8. The molecule has 7 heteroatoms. The minimum atomic E-state index is -0.423. The van der Waals surface area contributed by atoms with Crippen molar-refractivity contribution in [2.24, 2.45) is 0 Å². The first-order valence-corrected chi connectivity index (χ1v) is 14.6. The SMILES string of the molecule is O=C(Cc1c(F)cccc1Cl)N1CCC(CCN2CCN(C3CCCCC3)CC2)(c2cccc(Cl)c2)C1.